The van der Waals surface area contributed by atoms with Crippen molar-refractivity contribution in [3.8, 4) is 11.3 Å². The van der Waals surface area contributed by atoms with Crippen molar-refractivity contribution in [1.29, 1.82) is 0 Å². The number of rotatable bonds is 1. The Bertz CT molecular complexity index is 462. The zero-order chi connectivity index (χ0) is 10.1. The van der Waals surface area contributed by atoms with E-state index < -0.39 is 0 Å². The molecule has 0 bridgehead atoms. The quantitative estimate of drug-likeness (QED) is 0.780. The molecule has 0 amide bonds. The van der Waals surface area contributed by atoms with Crippen molar-refractivity contribution in [3.63, 3.8) is 0 Å². The lowest BCUT2D eigenvalue weighted by atomic mass is 10.2. The molecule has 0 aliphatic carbocycles. The number of aromatic nitrogens is 3. The molecule has 3 nitrogen and oxygen atoms in total. The van der Waals surface area contributed by atoms with Gasteiger partial charge < -0.3 is 0 Å². The van der Waals surface area contributed by atoms with E-state index in [1.165, 1.54) is 0 Å². The van der Waals surface area contributed by atoms with Crippen LogP contribution in [0.2, 0.25) is 0 Å². The van der Waals surface area contributed by atoms with E-state index in [1.807, 2.05) is 37.0 Å². The first-order valence-corrected chi connectivity index (χ1v) is 5.07. The van der Waals surface area contributed by atoms with Crippen LogP contribution in [0.5, 0.6) is 0 Å². The third-order valence-electron chi connectivity index (χ3n) is 2.00. The summed E-state index contributed by atoms with van der Waals surface area (Å²) in [7, 11) is 1.93. The fourth-order valence-corrected chi connectivity index (χ4v) is 1.80. The fraction of sp³-hybridized carbons (Fsp3) is 0.200. The molecule has 4 heteroatoms. The Labute approximate surface area is 90.9 Å². The van der Waals surface area contributed by atoms with E-state index in [9.17, 15) is 0 Å². The van der Waals surface area contributed by atoms with Crippen LogP contribution in [-0.2, 0) is 7.05 Å². The Morgan fingerprint density at radius 1 is 1.29 bits per heavy atom. The van der Waals surface area contributed by atoms with E-state index in [0.717, 1.165) is 21.4 Å². The Hall–Kier alpha value is -1.16. The highest BCUT2D eigenvalue weighted by atomic mass is 79.9. The van der Waals surface area contributed by atoms with Gasteiger partial charge in [0.1, 0.15) is 0 Å². The molecule has 2 rings (SSSR count). The normalized spacial score (nSPS) is 10.5. The zero-order valence-electron chi connectivity index (χ0n) is 8.03. The molecule has 0 saturated carbocycles. The summed E-state index contributed by atoms with van der Waals surface area (Å²) in [5.74, 6) is 0. The van der Waals surface area contributed by atoms with Crippen LogP contribution in [0.1, 0.15) is 5.69 Å². The van der Waals surface area contributed by atoms with Crippen molar-refractivity contribution >= 4 is 15.9 Å². The van der Waals surface area contributed by atoms with Gasteiger partial charge in [0.15, 0.2) is 0 Å². The second-order valence-electron chi connectivity index (χ2n) is 3.19. The van der Waals surface area contributed by atoms with Crippen LogP contribution in [0.25, 0.3) is 11.3 Å². The molecule has 0 N–H and O–H groups in total. The average molecular weight is 252 g/mol. The van der Waals surface area contributed by atoms with Crippen molar-refractivity contribution in [3.05, 3.63) is 34.7 Å². The van der Waals surface area contributed by atoms with Crippen molar-refractivity contribution < 1.29 is 0 Å². The smallest absolute Gasteiger partial charge is 0.0697 e. The summed E-state index contributed by atoms with van der Waals surface area (Å²) in [5, 5.41) is 4.29. The first-order valence-electron chi connectivity index (χ1n) is 4.28. The molecule has 14 heavy (non-hydrogen) atoms. The molecule has 0 atom stereocenters. The van der Waals surface area contributed by atoms with E-state index in [1.54, 1.807) is 6.20 Å². The predicted molar refractivity (Wildman–Crippen MR) is 58.9 cm³/mol. The standard InChI is InChI=1S/C10H10BrN3/c1-7-3-10(14(2)13-7)8-4-9(11)6-12-5-8/h3-6H,1-2H3. The number of hydrogen-bond donors (Lipinski definition) is 0. The second-order valence-corrected chi connectivity index (χ2v) is 4.10. The van der Waals surface area contributed by atoms with Gasteiger partial charge in [-0.05, 0) is 35.0 Å². The Morgan fingerprint density at radius 2 is 2.07 bits per heavy atom. The van der Waals surface area contributed by atoms with Crippen molar-refractivity contribution in [2.75, 3.05) is 0 Å². The van der Waals surface area contributed by atoms with Gasteiger partial charge >= 0.3 is 0 Å². The lowest BCUT2D eigenvalue weighted by Gasteiger charge is -2.00. The number of nitrogens with zero attached hydrogens (tertiary/aromatic N) is 3. The second kappa shape index (κ2) is 3.53. The average Bonchev–Trinajstić information content (AvgIpc) is 2.45. The number of aryl methyl sites for hydroxylation is 2. The van der Waals surface area contributed by atoms with Gasteiger partial charge in [0, 0.05) is 29.5 Å². The van der Waals surface area contributed by atoms with Gasteiger partial charge in [-0.1, -0.05) is 0 Å². The van der Waals surface area contributed by atoms with Gasteiger partial charge in [0.25, 0.3) is 0 Å². The van der Waals surface area contributed by atoms with Gasteiger partial charge in [-0.15, -0.1) is 0 Å². The van der Waals surface area contributed by atoms with Crippen LogP contribution in [0.3, 0.4) is 0 Å². The van der Waals surface area contributed by atoms with E-state index >= 15 is 0 Å². The number of pyridine rings is 1. The summed E-state index contributed by atoms with van der Waals surface area (Å²) >= 11 is 3.40. The van der Waals surface area contributed by atoms with E-state index in [2.05, 4.69) is 26.0 Å². The summed E-state index contributed by atoms with van der Waals surface area (Å²) in [5.41, 5.74) is 3.17. The third-order valence-corrected chi connectivity index (χ3v) is 2.44. The number of halogens is 1. The minimum atomic E-state index is 0.980. The van der Waals surface area contributed by atoms with Crippen LogP contribution in [0.4, 0.5) is 0 Å². The van der Waals surface area contributed by atoms with Gasteiger partial charge in [-0.25, -0.2) is 0 Å². The SMILES string of the molecule is Cc1cc(-c2cncc(Br)c2)n(C)n1. The highest BCUT2D eigenvalue weighted by molar-refractivity contribution is 9.10. The molecule has 0 fully saturated rings. The molecule has 0 aliphatic rings. The molecule has 0 aromatic carbocycles. The monoisotopic (exact) mass is 251 g/mol. The molecular formula is C10H10BrN3. The Morgan fingerprint density at radius 3 is 2.64 bits per heavy atom. The summed E-state index contributed by atoms with van der Waals surface area (Å²) < 4.78 is 2.84. The first kappa shape index (κ1) is 9.40. The van der Waals surface area contributed by atoms with Gasteiger partial charge in [0.2, 0.25) is 0 Å². The molecule has 2 aromatic heterocycles. The van der Waals surface area contributed by atoms with Gasteiger partial charge in [-0.2, -0.15) is 5.10 Å². The molecule has 2 aromatic rings. The molecular weight excluding hydrogens is 242 g/mol. The number of hydrogen-bond acceptors (Lipinski definition) is 2. The van der Waals surface area contributed by atoms with Crippen molar-refractivity contribution in [2.24, 2.45) is 7.05 Å². The molecule has 0 saturated heterocycles. The van der Waals surface area contributed by atoms with Crippen LogP contribution < -0.4 is 0 Å². The van der Waals surface area contributed by atoms with Crippen LogP contribution in [-0.4, -0.2) is 14.8 Å². The van der Waals surface area contributed by atoms with Gasteiger partial charge in [0.05, 0.1) is 11.4 Å². The maximum Gasteiger partial charge on any atom is 0.0697 e. The minimum Gasteiger partial charge on any atom is -0.268 e. The van der Waals surface area contributed by atoms with E-state index in [0.29, 0.717) is 0 Å². The molecule has 0 unspecified atom stereocenters. The highest BCUT2D eigenvalue weighted by Crippen LogP contribution is 2.21. The highest BCUT2D eigenvalue weighted by Gasteiger charge is 2.05. The summed E-state index contributed by atoms with van der Waals surface area (Å²) in [6.07, 6.45) is 3.61. The topological polar surface area (TPSA) is 30.7 Å². The van der Waals surface area contributed by atoms with Crippen LogP contribution in [0, 0.1) is 6.92 Å². The minimum absolute atomic E-state index is 0.980. The predicted octanol–water partition coefficient (Wildman–Crippen LogP) is 2.55. The lowest BCUT2D eigenvalue weighted by Crippen LogP contribution is -1.93. The van der Waals surface area contributed by atoms with Gasteiger partial charge in [-0.3, -0.25) is 9.67 Å². The van der Waals surface area contributed by atoms with Crippen LogP contribution >= 0.6 is 15.9 Å². The molecule has 2 heterocycles. The zero-order valence-corrected chi connectivity index (χ0v) is 9.62. The largest absolute Gasteiger partial charge is 0.268 e. The summed E-state index contributed by atoms with van der Waals surface area (Å²) in [6.45, 7) is 1.98. The molecule has 0 aliphatic heterocycles. The first-order chi connectivity index (χ1) is 6.66. The van der Waals surface area contributed by atoms with E-state index in [4.69, 9.17) is 0 Å². The lowest BCUT2D eigenvalue weighted by molar-refractivity contribution is 0.763. The molecule has 0 spiro atoms. The van der Waals surface area contributed by atoms with Crippen molar-refractivity contribution in [2.45, 2.75) is 6.92 Å². The third kappa shape index (κ3) is 1.70. The molecule has 72 valence electrons. The summed E-state index contributed by atoms with van der Waals surface area (Å²) in [4.78, 5) is 4.12. The van der Waals surface area contributed by atoms with Crippen LogP contribution in [0.15, 0.2) is 29.0 Å². The Kier molecular flexibility index (Phi) is 2.37. The Balaban J connectivity index is 2.54. The van der Waals surface area contributed by atoms with E-state index in [-0.39, 0.29) is 0 Å². The fourth-order valence-electron chi connectivity index (χ4n) is 1.43. The maximum absolute atomic E-state index is 4.29. The molecule has 0 radical (unpaired) electrons. The maximum atomic E-state index is 4.29. The summed E-state index contributed by atoms with van der Waals surface area (Å²) in [6, 6.07) is 4.08. The van der Waals surface area contributed by atoms with Crippen molar-refractivity contribution in [1.82, 2.24) is 14.8 Å².